The van der Waals surface area contributed by atoms with Crippen LogP contribution in [0.5, 0.6) is 5.75 Å². The number of rotatable bonds is 9. The normalized spacial score (nSPS) is 9.50. The van der Waals surface area contributed by atoms with Crippen LogP contribution in [0.3, 0.4) is 0 Å². The summed E-state index contributed by atoms with van der Waals surface area (Å²) in [5.41, 5.74) is 5.34. The lowest BCUT2D eigenvalue weighted by Gasteiger charge is -2.19. The highest BCUT2D eigenvalue weighted by Crippen LogP contribution is 2.21. The largest absolute Gasteiger partial charge is 0.496 e. The van der Waals surface area contributed by atoms with Crippen molar-refractivity contribution in [2.75, 3.05) is 27.7 Å². The molecule has 1 aromatic heterocycles. The fourth-order valence-electron chi connectivity index (χ4n) is 2.64. The Balaban J connectivity index is -0.000000457. The fourth-order valence-corrected chi connectivity index (χ4v) is 2.64. The zero-order chi connectivity index (χ0) is 28.4. The Bertz CT molecular complexity index is 806. The van der Waals surface area contributed by atoms with Gasteiger partial charge in [0.25, 0.3) is 0 Å². The van der Waals surface area contributed by atoms with E-state index in [2.05, 4.69) is 54.0 Å². The molecule has 1 aromatic carbocycles. The van der Waals surface area contributed by atoms with Crippen molar-refractivity contribution in [3.63, 3.8) is 0 Å². The van der Waals surface area contributed by atoms with E-state index in [0.29, 0.717) is 6.04 Å². The number of allylic oxidation sites excluding steroid dienone is 1. The van der Waals surface area contributed by atoms with Gasteiger partial charge < -0.3 is 25.5 Å². The summed E-state index contributed by atoms with van der Waals surface area (Å²) in [5.74, 6) is 0.897. The van der Waals surface area contributed by atoms with E-state index in [0.717, 1.165) is 53.9 Å². The van der Waals surface area contributed by atoms with Gasteiger partial charge in [0.1, 0.15) is 12.0 Å². The van der Waals surface area contributed by atoms with Crippen molar-refractivity contribution < 1.29 is 9.53 Å². The smallest absolute Gasteiger partial charge is 0.122 e. The molecule has 0 saturated carbocycles. The Labute approximate surface area is 221 Å². The number of carbonyl (C=O) groups is 1. The average Bonchev–Trinajstić information content (AvgIpc) is 2.90. The second kappa shape index (κ2) is 26.5. The molecule has 6 nitrogen and oxygen atoms in total. The van der Waals surface area contributed by atoms with Crippen LogP contribution in [0.4, 0.5) is 0 Å². The molecule has 6 heteroatoms. The van der Waals surface area contributed by atoms with E-state index in [1.165, 1.54) is 12.5 Å². The van der Waals surface area contributed by atoms with Gasteiger partial charge in [-0.05, 0) is 64.0 Å². The maximum absolute atomic E-state index is 8.81. The van der Waals surface area contributed by atoms with Gasteiger partial charge in [0.2, 0.25) is 0 Å². The number of ether oxygens (including phenoxy) is 1. The lowest BCUT2D eigenvalue weighted by atomic mass is 10.0. The number of benzene rings is 1. The maximum Gasteiger partial charge on any atom is 0.122 e. The van der Waals surface area contributed by atoms with E-state index in [1.54, 1.807) is 13.3 Å². The van der Waals surface area contributed by atoms with Crippen LogP contribution in [0.1, 0.15) is 77.1 Å². The van der Waals surface area contributed by atoms with Crippen LogP contribution < -0.4 is 20.7 Å². The molecule has 2 aromatic rings. The second-order valence-corrected chi connectivity index (χ2v) is 7.41. The molecule has 2 rings (SSSR count). The van der Waals surface area contributed by atoms with E-state index >= 15 is 0 Å². The molecule has 0 spiro atoms. The Kier molecular flexibility index (Phi) is 27.5. The predicted octanol–water partition coefficient (Wildman–Crippen LogP) is 6.70. The predicted molar refractivity (Wildman–Crippen MR) is 158 cm³/mol. The Hall–Kier alpha value is -3.12. The van der Waals surface area contributed by atoms with Crippen molar-refractivity contribution in [3.8, 4) is 5.75 Å². The van der Waals surface area contributed by atoms with Gasteiger partial charge in [-0.25, -0.2) is 0 Å². The van der Waals surface area contributed by atoms with Gasteiger partial charge in [-0.15, -0.1) is 0 Å². The standard InChI is InChI=1S/C12H18N2.C11H15NO.C3H9N.C2H4O.C2H6/c1-4-6-12(14-10(2)3)11-7-5-8-13-9-11;1-8-5-6-10(9(2)12-3)7-11(8)13-4;1-3-4-2;1-2-3;1-2/h5,7-9,12,14H,2,4,6H2,1,3H3;5-7,12H,2H2,1,3-4H3;4H,3H2,1-2H3;2H,1H3;1-2H3. The summed E-state index contributed by atoms with van der Waals surface area (Å²) in [7, 11) is 5.46. The molecule has 0 fully saturated rings. The number of carbonyl (C=O) groups excluding carboxylic acids is 1. The molecule has 0 aliphatic carbocycles. The third-order valence-corrected chi connectivity index (χ3v) is 4.50. The van der Waals surface area contributed by atoms with E-state index in [4.69, 9.17) is 9.53 Å². The lowest BCUT2D eigenvalue weighted by Crippen LogP contribution is -2.18. The summed E-state index contributed by atoms with van der Waals surface area (Å²) < 4.78 is 5.21. The molecule has 0 aliphatic rings. The quantitative estimate of drug-likeness (QED) is 0.333. The maximum atomic E-state index is 8.81. The van der Waals surface area contributed by atoms with Gasteiger partial charge in [0, 0.05) is 36.4 Å². The molecule has 0 saturated heterocycles. The summed E-state index contributed by atoms with van der Waals surface area (Å²) >= 11 is 0. The van der Waals surface area contributed by atoms with Gasteiger partial charge in [0.05, 0.1) is 13.2 Å². The Morgan fingerprint density at radius 2 is 1.75 bits per heavy atom. The summed E-state index contributed by atoms with van der Waals surface area (Å²) in [4.78, 5) is 12.9. The van der Waals surface area contributed by atoms with E-state index < -0.39 is 0 Å². The number of aryl methyl sites for hydroxylation is 1. The minimum absolute atomic E-state index is 0.353. The van der Waals surface area contributed by atoms with Gasteiger partial charge in [-0.2, -0.15) is 0 Å². The fraction of sp³-hybridized carbons (Fsp3) is 0.467. The molecule has 1 heterocycles. The van der Waals surface area contributed by atoms with Gasteiger partial charge in [-0.3, -0.25) is 4.98 Å². The third-order valence-electron chi connectivity index (χ3n) is 4.50. The van der Waals surface area contributed by atoms with Crippen LogP contribution in [-0.4, -0.2) is 39.0 Å². The Morgan fingerprint density at radius 3 is 2.14 bits per heavy atom. The van der Waals surface area contributed by atoms with Crippen molar-refractivity contribution in [3.05, 3.63) is 78.3 Å². The first kappa shape index (κ1) is 37.4. The van der Waals surface area contributed by atoms with Crippen LogP contribution in [0, 0.1) is 6.92 Å². The van der Waals surface area contributed by atoms with E-state index in [1.807, 2.05) is 72.3 Å². The first-order chi connectivity index (χ1) is 17.2. The average molecular weight is 501 g/mol. The van der Waals surface area contributed by atoms with Crippen LogP contribution in [0.25, 0.3) is 5.70 Å². The molecule has 204 valence electrons. The highest BCUT2D eigenvalue weighted by molar-refractivity contribution is 5.63. The minimum Gasteiger partial charge on any atom is -0.496 e. The number of hydrogen-bond acceptors (Lipinski definition) is 6. The first-order valence-electron chi connectivity index (χ1n) is 12.6. The topological polar surface area (TPSA) is 75.3 Å². The number of hydrogen-bond donors (Lipinski definition) is 3. The van der Waals surface area contributed by atoms with Crippen molar-refractivity contribution in [2.24, 2.45) is 0 Å². The van der Waals surface area contributed by atoms with E-state index in [9.17, 15) is 0 Å². The molecule has 0 bridgehead atoms. The van der Waals surface area contributed by atoms with Crippen LogP contribution in [-0.2, 0) is 4.79 Å². The molecular formula is C30H52N4O2. The van der Waals surface area contributed by atoms with Crippen LogP contribution in [0.15, 0.2) is 61.6 Å². The molecule has 3 N–H and O–H groups in total. The van der Waals surface area contributed by atoms with Crippen molar-refractivity contribution in [1.29, 1.82) is 0 Å². The first-order valence-corrected chi connectivity index (χ1v) is 12.6. The zero-order valence-electron chi connectivity index (χ0n) is 24.5. The summed E-state index contributed by atoms with van der Waals surface area (Å²) in [5, 5.41) is 9.30. The van der Waals surface area contributed by atoms with Gasteiger partial charge >= 0.3 is 0 Å². The number of aromatic nitrogens is 1. The zero-order valence-corrected chi connectivity index (χ0v) is 24.5. The highest BCUT2D eigenvalue weighted by Gasteiger charge is 2.08. The third kappa shape index (κ3) is 19.2. The molecule has 0 aliphatic heterocycles. The summed E-state index contributed by atoms with van der Waals surface area (Å²) in [6.07, 6.45) is 6.72. The number of aldehydes is 1. The molecule has 0 amide bonds. The molecular weight excluding hydrogens is 448 g/mol. The molecule has 36 heavy (non-hydrogen) atoms. The number of nitrogens with one attached hydrogen (secondary N) is 3. The number of pyridine rings is 1. The number of nitrogens with zero attached hydrogens (tertiary/aromatic N) is 1. The SMILES string of the molecule is C=C(C)NC(CCC)c1cccnc1.C=C(NC)c1ccc(C)c(OC)c1.CC.CC=O.CCNC. The van der Waals surface area contributed by atoms with Crippen molar-refractivity contribution in [2.45, 2.75) is 67.3 Å². The molecule has 1 unspecified atom stereocenters. The molecule has 1 atom stereocenters. The summed E-state index contributed by atoms with van der Waals surface area (Å²) in [6.45, 7) is 22.5. The highest BCUT2D eigenvalue weighted by atomic mass is 16.5. The van der Waals surface area contributed by atoms with Gasteiger partial charge in [0.15, 0.2) is 0 Å². The van der Waals surface area contributed by atoms with Crippen molar-refractivity contribution >= 4 is 12.0 Å². The lowest BCUT2D eigenvalue weighted by molar-refractivity contribution is -0.106. The second-order valence-electron chi connectivity index (χ2n) is 7.41. The Morgan fingerprint density at radius 1 is 1.17 bits per heavy atom. The molecule has 0 radical (unpaired) electrons. The van der Waals surface area contributed by atoms with Crippen molar-refractivity contribution in [1.82, 2.24) is 20.9 Å². The van der Waals surface area contributed by atoms with Crippen LogP contribution >= 0.6 is 0 Å². The van der Waals surface area contributed by atoms with Crippen LogP contribution in [0.2, 0.25) is 0 Å². The monoisotopic (exact) mass is 500 g/mol. The van der Waals surface area contributed by atoms with Gasteiger partial charge in [-0.1, -0.05) is 65.5 Å². The summed E-state index contributed by atoms with van der Waals surface area (Å²) in [6, 6.07) is 10.5. The number of methoxy groups -OCH3 is 1. The van der Waals surface area contributed by atoms with E-state index in [-0.39, 0.29) is 0 Å². The minimum atomic E-state index is 0.353.